The van der Waals surface area contributed by atoms with Crippen molar-refractivity contribution in [2.24, 2.45) is 4.99 Å². The van der Waals surface area contributed by atoms with Crippen molar-refractivity contribution >= 4 is 5.84 Å². The molecule has 18 heavy (non-hydrogen) atoms. The van der Waals surface area contributed by atoms with Gasteiger partial charge in [0.2, 0.25) is 0 Å². The molecule has 0 saturated heterocycles. The minimum Gasteiger partial charge on any atom is -0.371 e. The summed E-state index contributed by atoms with van der Waals surface area (Å²) in [6.45, 7) is 3.56. The molecule has 1 heterocycles. The van der Waals surface area contributed by atoms with Crippen molar-refractivity contribution in [2.45, 2.75) is 25.4 Å². The first-order valence-electron chi connectivity index (χ1n) is 5.97. The van der Waals surface area contributed by atoms with Crippen LogP contribution in [0.3, 0.4) is 0 Å². The lowest BCUT2D eigenvalue weighted by molar-refractivity contribution is -0.137. The third-order valence-electron chi connectivity index (χ3n) is 3.08. The van der Waals surface area contributed by atoms with Crippen LogP contribution in [0.5, 0.6) is 0 Å². The monoisotopic (exact) mass is 256 g/mol. The molecule has 0 fully saturated rings. The predicted octanol–water partition coefficient (Wildman–Crippen LogP) is 3.20. The molecule has 0 bridgehead atoms. The number of aliphatic imine (C=N–C) groups is 1. The highest BCUT2D eigenvalue weighted by molar-refractivity contribution is 5.90. The Bertz CT molecular complexity index is 435. The number of rotatable bonds is 3. The summed E-state index contributed by atoms with van der Waals surface area (Å²) >= 11 is 0. The van der Waals surface area contributed by atoms with Crippen LogP contribution in [0.25, 0.3) is 0 Å². The standard InChI is InChI=1S/C13H15F3N2/c1-2-11(12-17-7-8-18-12)9-3-5-10(6-4-9)13(14,15)16/h3-6,11H,2,7-8H2,1H3,(H,17,18)/t11-/m1/s1. The molecule has 98 valence electrons. The highest BCUT2D eigenvalue weighted by Gasteiger charge is 2.30. The summed E-state index contributed by atoms with van der Waals surface area (Å²) in [5.74, 6) is 0.951. The second-order valence-electron chi connectivity index (χ2n) is 4.27. The maximum absolute atomic E-state index is 12.5. The molecule has 0 unspecified atom stereocenters. The Morgan fingerprint density at radius 2 is 1.94 bits per heavy atom. The number of halogens is 3. The van der Waals surface area contributed by atoms with Crippen LogP contribution >= 0.6 is 0 Å². The summed E-state index contributed by atoms with van der Waals surface area (Å²) in [5.41, 5.74) is 0.265. The van der Waals surface area contributed by atoms with Crippen LogP contribution in [-0.4, -0.2) is 18.9 Å². The van der Waals surface area contributed by atoms with Crippen LogP contribution in [0, 0.1) is 0 Å². The van der Waals surface area contributed by atoms with E-state index >= 15 is 0 Å². The Balaban J connectivity index is 2.22. The van der Waals surface area contributed by atoms with E-state index in [0.717, 1.165) is 43.0 Å². The first-order chi connectivity index (χ1) is 8.52. The molecule has 5 heteroatoms. The quantitative estimate of drug-likeness (QED) is 0.882. The highest BCUT2D eigenvalue weighted by Crippen LogP contribution is 2.31. The van der Waals surface area contributed by atoms with Gasteiger partial charge in [-0.1, -0.05) is 19.1 Å². The summed E-state index contributed by atoms with van der Waals surface area (Å²) in [6, 6.07) is 5.35. The molecule has 0 amide bonds. The van der Waals surface area contributed by atoms with Crippen LogP contribution in [0.15, 0.2) is 29.3 Å². The lowest BCUT2D eigenvalue weighted by Crippen LogP contribution is -2.25. The summed E-state index contributed by atoms with van der Waals surface area (Å²) in [5, 5.41) is 3.18. The van der Waals surface area contributed by atoms with Gasteiger partial charge in [-0.25, -0.2) is 0 Å². The zero-order valence-electron chi connectivity index (χ0n) is 10.1. The molecule has 1 aromatic carbocycles. The van der Waals surface area contributed by atoms with Crippen molar-refractivity contribution in [3.8, 4) is 0 Å². The highest BCUT2D eigenvalue weighted by atomic mass is 19.4. The molecule has 1 aromatic rings. The van der Waals surface area contributed by atoms with Crippen molar-refractivity contribution in [3.63, 3.8) is 0 Å². The summed E-state index contributed by atoms with van der Waals surface area (Å²) in [7, 11) is 0. The molecule has 0 aliphatic carbocycles. The fourth-order valence-electron chi connectivity index (χ4n) is 2.14. The van der Waals surface area contributed by atoms with Gasteiger partial charge in [-0.2, -0.15) is 13.2 Å². The molecule has 1 aliphatic rings. The third kappa shape index (κ3) is 2.66. The SMILES string of the molecule is CC[C@@H](C1=NCCN1)c1ccc(C(F)(F)F)cc1. The van der Waals surface area contributed by atoms with Crippen molar-refractivity contribution in [1.29, 1.82) is 0 Å². The van der Waals surface area contributed by atoms with Gasteiger partial charge in [0.25, 0.3) is 0 Å². The molecule has 2 nitrogen and oxygen atoms in total. The Morgan fingerprint density at radius 1 is 1.28 bits per heavy atom. The number of nitrogens with zero attached hydrogens (tertiary/aromatic N) is 1. The third-order valence-corrected chi connectivity index (χ3v) is 3.08. The minimum absolute atomic E-state index is 0.0646. The molecule has 1 N–H and O–H groups in total. The van der Waals surface area contributed by atoms with Gasteiger partial charge in [-0.3, -0.25) is 4.99 Å². The Labute approximate surface area is 104 Å². The van der Waals surface area contributed by atoms with E-state index in [4.69, 9.17) is 0 Å². The Hall–Kier alpha value is -1.52. The lowest BCUT2D eigenvalue weighted by Gasteiger charge is -2.17. The molecule has 0 radical (unpaired) electrons. The van der Waals surface area contributed by atoms with Crippen LogP contribution in [0.1, 0.15) is 30.4 Å². The van der Waals surface area contributed by atoms with Gasteiger partial charge in [-0.05, 0) is 24.1 Å². The van der Waals surface area contributed by atoms with Gasteiger partial charge in [-0.15, -0.1) is 0 Å². The zero-order chi connectivity index (χ0) is 13.2. The largest absolute Gasteiger partial charge is 0.416 e. The Morgan fingerprint density at radius 3 is 2.39 bits per heavy atom. The van der Waals surface area contributed by atoms with Crippen molar-refractivity contribution in [2.75, 3.05) is 13.1 Å². The Kier molecular flexibility index (Phi) is 3.59. The van der Waals surface area contributed by atoms with Crippen LogP contribution in [0.2, 0.25) is 0 Å². The van der Waals surface area contributed by atoms with Gasteiger partial charge in [0.1, 0.15) is 5.84 Å². The summed E-state index contributed by atoms with van der Waals surface area (Å²) in [6.07, 6.45) is -3.46. The fourth-order valence-corrected chi connectivity index (χ4v) is 2.14. The van der Waals surface area contributed by atoms with E-state index in [0.29, 0.717) is 0 Å². The van der Waals surface area contributed by atoms with Gasteiger partial charge in [0, 0.05) is 12.5 Å². The molecular formula is C13H15F3N2. The molecule has 0 saturated carbocycles. The van der Waals surface area contributed by atoms with Crippen LogP contribution in [0.4, 0.5) is 13.2 Å². The first-order valence-corrected chi connectivity index (χ1v) is 5.97. The van der Waals surface area contributed by atoms with Crippen LogP contribution < -0.4 is 5.32 Å². The molecule has 1 aliphatic heterocycles. The predicted molar refractivity (Wildman–Crippen MR) is 64.8 cm³/mol. The summed E-state index contributed by atoms with van der Waals surface area (Å²) < 4.78 is 37.4. The van der Waals surface area contributed by atoms with E-state index in [1.165, 1.54) is 0 Å². The summed E-state index contributed by atoms with van der Waals surface area (Å²) in [4.78, 5) is 4.34. The van der Waals surface area contributed by atoms with Crippen molar-refractivity contribution in [3.05, 3.63) is 35.4 Å². The van der Waals surface area contributed by atoms with Gasteiger partial charge in [0.15, 0.2) is 0 Å². The number of hydrogen-bond donors (Lipinski definition) is 1. The van der Waals surface area contributed by atoms with E-state index in [-0.39, 0.29) is 5.92 Å². The fraction of sp³-hybridized carbons (Fsp3) is 0.462. The molecule has 2 rings (SSSR count). The minimum atomic E-state index is -4.27. The average Bonchev–Trinajstić information content (AvgIpc) is 2.83. The zero-order valence-corrected chi connectivity index (χ0v) is 10.1. The van der Waals surface area contributed by atoms with Gasteiger partial charge in [0.05, 0.1) is 12.1 Å². The van der Waals surface area contributed by atoms with E-state index in [1.807, 2.05) is 6.92 Å². The van der Waals surface area contributed by atoms with Gasteiger partial charge < -0.3 is 5.32 Å². The number of alkyl halides is 3. The molecule has 0 spiro atoms. The van der Waals surface area contributed by atoms with Gasteiger partial charge >= 0.3 is 6.18 Å². The smallest absolute Gasteiger partial charge is 0.371 e. The van der Waals surface area contributed by atoms with E-state index in [1.54, 1.807) is 12.1 Å². The van der Waals surface area contributed by atoms with Crippen molar-refractivity contribution in [1.82, 2.24) is 5.32 Å². The van der Waals surface area contributed by atoms with E-state index in [2.05, 4.69) is 10.3 Å². The maximum atomic E-state index is 12.5. The van der Waals surface area contributed by atoms with Crippen molar-refractivity contribution < 1.29 is 13.2 Å². The van der Waals surface area contributed by atoms with Crippen LogP contribution in [-0.2, 0) is 6.18 Å². The number of nitrogens with one attached hydrogen (secondary N) is 1. The molecule has 1 atom stereocenters. The second-order valence-corrected chi connectivity index (χ2v) is 4.27. The average molecular weight is 256 g/mol. The lowest BCUT2D eigenvalue weighted by atomic mass is 9.94. The number of hydrogen-bond acceptors (Lipinski definition) is 2. The van der Waals surface area contributed by atoms with E-state index in [9.17, 15) is 13.2 Å². The normalized spacial score (nSPS) is 17.2. The number of benzene rings is 1. The first kappa shape index (κ1) is 12.9. The molecular weight excluding hydrogens is 241 g/mol. The topological polar surface area (TPSA) is 24.4 Å². The second kappa shape index (κ2) is 5.00. The number of amidine groups is 1. The maximum Gasteiger partial charge on any atom is 0.416 e. The molecule has 0 aromatic heterocycles. The van der Waals surface area contributed by atoms with E-state index < -0.39 is 11.7 Å².